The molecule has 0 spiro atoms. The quantitative estimate of drug-likeness (QED) is 0.742. The Morgan fingerprint density at radius 1 is 1.42 bits per heavy atom. The van der Waals surface area contributed by atoms with Crippen LogP contribution >= 0.6 is 0 Å². The number of carboxylic acid groups (broad SMARTS) is 1. The summed E-state index contributed by atoms with van der Waals surface area (Å²) in [5.74, 6) is -1.27. The van der Waals surface area contributed by atoms with Crippen LogP contribution < -0.4 is 10.6 Å². The summed E-state index contributed by atoms with van der Waals surface area (Å²) in [6.45, 7) is 1.78. The van der Waals surface area contributed by atoms with Crippen molar-refractivity contribution in [1.82, 2.24) is 5.32 Å². The van der Waals surface area contributed by atoms with E-state index in [9.17, 15) is 14.0 Å². The first-order valence-electron chi connectivity index (χ1n) is 6.02. The summed E-state index contributed by atoms with van der Waals surface area (Å²) < 4.78 is 12.9. The number of hydrogen-bond donors (Lipinski definition) is 3. The zero-order valence-electron chi connectivity index (χ0n) is 10.6. The van der Waals surface area contributed by atoms with Crippen molar-refractivity contribution in [2.24, 2.45) is 0 Å². The number of carboxylic acids is 1. The zero-order valence-corrected chi connectivity index (χ0v) is 10.6. The average molecular weight is 268 g/mol. The molecule has 1 unspecified atom stereocenters. The Kier molecular flexibility index (Phi) is 5.78. The minimum Gasteiger partial charge on any atom is -0.481 e. The van der Waals surface area contributed by atoms with Gasteiger partial charge in [0, 0.05) is 18.2 Å². The van der Waals surface area contributed by atoms with E-state index in [0.717, 1.165) is 0 Å². The topological polar surface area (TPSA) is 78.4 Å². The molecule has 0 aliphatic carbocycles. The van der Waals surface area contributed by atoms with Crippen LogP contribution in [0.15, 0.2) is 24.3 Å². The van der Waals surface area contributed by atoms with E-state index in [1.807, 2.05) is 0 Å². The molecule has 0 heterocycles. The summed E-state index contributed by atoms with van der Waals surface area (Å²) >= 11 is 0. The van der Waals surface area contributed by atoms with Gasteiger partial charge in [-0.15, -0.1) is 0 Å². The summed E-state index contributed by atoms with van der Waals surface area (Å²) in [6, 6.07) is 5.01. The fourth-order valence-electron chi connectivity index (χ4n) is 1.59. The monoisotopic (exact) mass is 268 g/mol. The number of carbonyl (C=O) groups is 2. The van der Waals surface area contributed by atoms with Gasteiger partial charge in [0.15, 0.2) is 0 Å². The van der Waals surface area contributed by atoms with Crippen LogP contribution in [-0.2, 0) is 4.79 Å². The van der Waals surface area contributed by atoms with E-state index in [4.69, 9.17) is 5.11 Å². The summed E-state index contributed by atoms with van der Waals surface area (Å²) in [7, 11) is 0. The van der Waals surface area contributed by atoms with E-state index >= 15 is 0 Å². The van der Waals surface area contributed by atoms with Crippen LogP contribution in [-0.4, -0.2) is 23.1 Å². The largest absolute Gasteiger partial charge is 0.481 e. The molecule has 5 nitrogen and oxygen atoms in total. The second kappa shape index (κ2) is 7.35. The number of hydrogen-bond acceptors (Lipinski definition) is 2. The molecule has 2 amide bonds. The van der Waals surface area contributed by atoms with Crippen molar-refractivity contribution in [3.63, 3.8) is 0 Å². The van der Waals surface area contributed by atoms with E-state index in [2.05, 4.69) is 10.6 Å². The summed E-state index contributed by atoms with van der Waals surface area (Å²) in [4.78, 5) is 21.9. The molecule has 0 aliphatic rings. The lowest BCUT2D eigenvalue weighted by molar-refractivity contribution is -0.137. The molecule has 0 saturated carbocycles. The first kappa shape index (κ1) is 14.9. The predicted molar refractivity (Wildman–Crippen MR) is 69.5 cm³/mol. The van der Waals surface area contributed by atoms with Gasteiger partial charge in [0.25, 0.3) is 0 Å². The molecule has 104 valence electrons. The minimum atomic E-state index is -0.851. The van der Waals surface area contributed by atoms with Gasteiger partial charge in [-0.3, -0.25) is 4.79 Å². The number of anilines is 1. The maximum Gasteiger partial charge on any atom is 0.319 e. The standard InChI is InChI=1S/C13H17FN2O3/c1-9(4-2-7-12(17)18)15-13(19)16-11-6-3-5-10(14)8-11/h3,5-6,8-9H,2,4,7H2,1H3,(H,17,18)(H2,15,16,19). The zero-order chi connectivity index (χ0) is 14.3. The third kappa shape index (κ3) is 6.40. The maximum atomic E-state index is 12.9. The Bertz CT molecular complexity index is 451. The van der Waals surface area contributed by atoms with Crippen LogP contribution in [0.3, 0.4) is 0 Å². The van der Waals surface area contributed by atoms with E-state index in [0.29, 0.717) is 18.5 Å². The van der Waals surface area contributed by atoms with Gasteiger partial charge in [0.1, 0.15) is 5.82 Å². The average Bonchev–Trinajstić information content (AvgIpc) is 2.27. The number of amides is 2. The lowest BCUT2D eigenvalue weighted by atomic mass is 10.1. The number of halogens is 1. The molecule has 0 bridgehead atoms. The first-order chi connectivity index (χ1) is 8.97. The number of rotatable bonds is 6. The van der Waals surface area contributed by atoms with Crippen LogP contribution in [0, 0.1) is 5.82 Å². The molecule has 0 aliphatic heterocycles. The number of nitrogens with one attached hydrogen (secondary N) is 2. The molecule has 6 heteroatoms. The highest BCUT2D eigenvalue weighted by atomic mass is 19.1. The molecule has 1 aromatic carbocycles. The number of benzene rings is 1. The number of urea groups is 1. The van der Waals surface area contributed by atoms with E-state index in [1.165, 1.54) is 18.2 Å². The Morgan fingerprint density at radius 3 is 2.79 bits per heavy atom. The summed E-state index contributed by atoms with van der Waals surface area (Å²) in [5, 5.41) is 13.7. The Morgan fingerprint density at radius 2 is 2.16 bits per heavy atom. The Balaban J connectivity index is 2.32. The van der Waals surface area contributed by atoms with E-state index in [1.54, 1.807) is 13.0 Å². The fraction of sp³-hybridized carbons (Fsp3) is 0.385. The van der Waals surface area contributed by atoms with Crippen LogP contribution in [0.5, 0.6) is 0 Å². The van der Waals surface area contributed by atoms with Crippen LogP contribution in [0.1, 0.15) is 26.2 Å². The smallest absolute Gasteiger partial charge is 0.319 e. The van der Waals surface area contributed by atoms with Crippen molar-refractivity contribution in [2.75, 3.05) is 5.32 Å². The fourth-order valence-corrected chi connectivity index (χ4v) is 1.59. The second-order valence-electron chi connectivity index (χ2n) is 4.30. The van der Waals surface area contributed by atoms with Crippen molar-refractivity contribution in [3.05, 3.63) is 30.1 Å². The van der Waals surface area contributed by atoms with Gasteiger partial charge in [-0.1, -0.05) is 6.07 Å². The Labute approximate surface area is 110 Å². The SMILES string of the molecule is CC(CCCC(=O)O)NC(=O)Nc1cccc(F)c1. The lowest BCUT2D eigenvalue weighted by Gasteiger charge is -2.14. The molecule has 3 N–H and O–H groups in total. The van der Waals surface area contributed by atoms with E-state index in [-0.39, 0.29) is 12.5 Å². The van der Waals surface area contributed by atoms with Crippen LogP contribution in [0.2, 0.25) is 0 Å². The molecule has 1 aromatic rings. The summed E-state index contributed by atoms with van der Waals surface area (Å²) in [5.41, 5.74) is 0.371. The molecule has 0 radical (unpaired) electrons. The van der Waals surface area contributed by atoms with Crippen LogP contribution in [0.25, 0.3) is 0 Å². The molecule has 0 saturated heterocycles. The van der Waals surface area contributed by atoms with Gasteiger partial charge in [-0.2, -0.15) is 0 Å². The highest BCUT2D eigenvalue weighted by Gasteiger charge is 2.08. The van der Waals surface area contributed by atoms with Gasteiger partial charge in [0.2, 0.25) is 0 Å². The normalized spacial score (nSPS) is 11.7. The molecular formula is C13H17FN2O3. The third-order valence-corrected chi connectivity index (χ3v) is 2.49. The Hall–Kier alpha value is -2.11. The number of aliphatic carboxylic acids is 1. The lowest BCUT2D eigenvalue weighted by Crippen LogP contribution is -2.36. The molecule has 0 fully saturated rings. The summed E-state index contributed by atoms with van der Waals surface area (Å²) in [6.07, 6.45) is 1.15. The third-order valence-electron chi connectivity index (χ3n) is 2.49. The molecular weight excluding hydrogens is 251 g/mol. The van der Waals surface area contributed by atoms with Gasteiger partial charge >= 0.3 is 12.0 Å². The van der Waals surface area contributed by atoms with Crippen molar-refractivity contribution >= 4 is 17.7 Å². The van der Waals surface area contributed by atoms with Gasteiger partial charge in [0.05, 0.1) is 0 Å². The van der Waals surface area contributed by atoms with Gasteiger partial charge in [-0.05, 0) is 38.0 Å². The molecule has 1 atom stereocenters. The second-order valence-corrected chi connectivity index (χ2v) is 4.30. The van der Waals surface area contributed by atoms with Crippen molar-refractivity contribution in [1.29, 1.82) is 0 Å². The molecule has 1 rings (SSSR count). The molecule has 19 heavy (non-hydrogen) atoms. The van der Waals surface area contributed by atoms with Gasteiger partial charge < -0.3 is 15.7 Å². The highest BCUT2D eigenvalue weighted by Crippen LogP contribution is 2.09. The highest BCUT2D eigenvalue weighted by molar-refractivity contribution is 5.89. The van der Waals surface area contributed by atoms with Crippen molar-refractivity contribution in [3.8, 4) is 0 Å². The van der Waals surface area contributed by atoms with Crippen molar-refractivity contribution in [2.45, 2.75) is 32.2 Å². The number of carbonyl (C=O) groups excluding carboxylic acids is 1. The van der Waals surface area contributed by atoms with E-state index < -0.39 is 17.8 Å². The predicted octanol–water partition coefficient (Wildman–Crippen LogP) is 2.59. The minimum absolute atomic E-state index is 0.0809. The first-order valence-corrected chi connectivity index (χ1v) is 6.02. The van der Waals surface area contributed by atoms with Crippen LogP contribution in [0.4, 0.5) is 14.9 Å². The maximum absolute atomic E-state index is 12.9. The van der Waals surface area contributed by atoms with Crippen molar-refractivity contribution < 1.29 is 19.1 Å². The van der Waals surface area contributed by atoms with Gasteiger partial charge in [-0.25, -0.2) is 9.18 Å². The molecule has 0 aromatic heterocycles.